The van der Waals surface area contributed by atoms with E-state index in [1.807, 2.05) is 24.3 Å². The van der Waals surface area contributed by atoms with Gasteiger partial charge in [0.1, 0.15) is 5.82 Å². The lowest BCUT2D eigenvalue weighted by molar-refractivity contribution is -0.125. The van der Waals surface area contributed by atoms with Crippen molar-refractivity contribution in [1.29, 1.82) is 0 Å². The molecule has 0 aliphatic carbocycles. The lowest BCUT2D eigenvalue weighted by Gasteiger charge is -2.14. The largest absolute Gasteiger partial charge is 0.285 e. The maximum Gasteiger partial charge on any atom is 0.242 e. The van der Waals surface area contributed by atoms with Gasteiger partial charge < -0.3 is 0 Å². The third-order valence-corrected chi connectivity index (χ3v) is 5.72. The van der Waals surface area contributed by atoms with Crippen LogP contribution in [0.2, 0.25) is 5.02 Å². The van der Waals surface area contributed by atoms with E-state index in [9.17, 15) is 9.18 Å². The average Bonchev–Trinajstić information content (AvgIpc) is 2.98. The standard InChI is InChI=1S/C21H19ClFN3OS/c1-3-12-26-20(27)19(13-16-6-4-5-7-18(16)22)28-21(26)25-24-14(2)15-8-10-17(23)11-9-15/h3-11,19,24H,1-2,12-13H2. The van der Waals surface area contributed by atoms with E-state index in [1.165, 1.54) is 23.9 Å². The van der Waals surface area contributed by atoms with Crippen LogP contribution in [0.15, 0.2) is 72.9 Å². The van der Waals surface area contributed by atoms with Crippen molar-refractivity contribution in [3.05, 3.63) is 89.7 Å². The summed E-state index contributed by atoms with van der Waals surface area (Å²) in [6.07, 6.45) is 2.16. The maximum absolute atomic E-state index is 13.1. The summed E-state index contributed by atoms with van der Waals surface area (Å²) in [4.78, 5) is 14.4. The topological polar surface area (TPSA) is 44.7 Å². The zero-order valence-corrected chi connectivity index (χ0v) is 16.6. The van der Waals surface area contributed by atoms with Gasteiger partial charge in [0.2, 0.25) is 5.91 Å². The molecule has 3 rings (SSSR count). The van der Waals surface area contributed by atoms with Crippen LogP contribution in [-0.2, 0) is 11.2 Å². The summed E-state index contributed by atoms with van der Waals surface area (Å²) in [5, 5.41) is 5.20. The molecule has 0 radical (unpaired) electrons. The Morgan fingerprint density at radius 3 is 2.68 bits per heavy atom. The van der Waals surface area contributed by atoms with Crippen LogP contribution < -0.4 is 5.43 Å². The van der Waals surface area contributed by atoms with E-state index in [1.54, 1.807) is 23.1 Å². The van der Waals surface area contributed by atoms with E-state index in [0.29, 0.717) is 34.4 Å². The Kier molecular flexibility index (Phi) is 6.54. The van der Waals surface area contributed by atoms with Gasteiger partial charge in [0.05, 0.1) is 10.9 Å². The molecule has 1 aliphatic rings. The molecule has 2 aromatic rings. The summed E-state index contributed by atoms with van der Waals surface area (Å²) in [5.41, 5.74) is 5.00. The SMILES string of the molecule is C=CCN1C(=O)C(Cc2ccccc2Cl)SC1=NNC(=C)c1ccc(F)cc1. The summed E-state index contributed by atoms with van der Waals surface area (Å²) in [6, 6.07) is 13.4. The number of nitrogens with one attached hydrogen (secondary N) is 1. The number of thioether (sulfide) groups is 1. The predicted molar refractivity (Wildman–Crippen MR) is 114 cm³/mol. The minimum atomic E-state index is -0.320. The van der Waals surface area contributed by atoms with Gasteiger partial charge in [-0.05, 0) is 47.9 Å². The number of hydrazone groups is 1. The Morgan fingerprint density at radius 1 is 1.29 bits per heavy atom. The number of hydrogen-bond acceptors (Lipinski definition) is 4. The second-order valence-corrected chi connectivity index (χ2v) is 7.71. The molecule has 1 N–H and O–H groups in total. The Bertz CT molecular complexity index is 930. The number of amides is 1. The molecule has 2 aromatic carbocycles. The maximum atomic E-state index is 13.1. The van der Waals surface area contributed by atoms with E-state index >= 15 is 0 Å². The van der Waals surface area contributed by atoms with Crippen molar-refractivity contribution >= 4 is 40.1 Å². The van der Waals surface area contributed by atoms with Crippen LogP contribution in [0.3, 0.4) is 0 Å². The molecule has 1 fully saturated rings. The van der Waals surface area contributed by atoms with E-state index in [4.69, 9.17) is 11.6 Å². The number of amidine groups is 1. The van der Waals surface area contributed by atoms with Gasteiger partial charge in [0.25, 0.3) is 0 Å². The van der Waals surface area contributed by atoms with Crippen LogP contribution in [0.1, 0.15) is 11.1 Å². The fourth-order valence-corrected chi connectivity index (χ4v) is 4.07. The molecule has 28 heavy (non-hydrogen) atoms. The molecule has 0 aromatic heterocycles. The first-order valence-corrected chi connectivity index (χ1v) is 9.86. The van der Waals surface area contributed by atoms with Gasteiger partial charge in [0.15, 0.2) is 5.17 Å². The highest BCUT2D eigenvalue weighted by Gasteiger charge is 2.37. The van der Waals surface area contributed by atoms with Crippen LogP contribution in [0.4, 0.5) is 4.39 Å². The number of rotatable bonds is 7. The molecule has 0 saturated carbocycles. The van der Waals surface area contributed by atoms with Crippen LogP contribution in [0.5, 0.6) is 0 Å². The van der Waals surface area contributed by atoms with Crippen molar-refractivity contribution in [2.24, 2.45) is 5.10 Å². The number of halogens is 2. The average molecular weight is 416 g/mol. The lowest BCUT2D eigenvalue weighted by Crippen LogP contribution is -2.33. The van der Waals surface area contributed by atoms with E-state index < -0.39 is 0 Å². The second-order valence-electron chi connectivity index (χ2n) is 6.13. The monoisotopic (exact) mass is 415 g/mol. The number of carbonyl (C=O) groups is 1. The lowest BCUT2D eigenvalue weighted by atomic mass is 10.1. The van der Waals surface area contributed by atoms with Crippen LogP contribution in [0, 0.1) is 5.82 Å². The molecule has 1 atom stereocenters. The summed E-state index contributed by atoms with van der Waals surface area (Å²) in [5.74, 6) is -0.364. The number of nitrogens with zero attached hydrogens (tertiary/aromatic N) is 2. The number of carbonyl (C=O) groups excluding carboxylic acids is 1. The van der Waals surface area contributed by atoms with Crippen molar-refractivity contribution in [2.45, 2.75) is 11.7 Å². The molecule has 1 heterocycles. The third kappa shape index (κ3) is 4.64. The molecular formula is C21H19ClFN3OS. The molecule has 0 bridgehead atoms. The van der Waals surface area contributed by atoms with E-state index in [2.05, 4.69) is 23.7 Å². The molecule has 4 nitrogen and oxygen atoms in total. The smallest absolute Gasteiger partial charge is 0.242 e. The van der Waals surface area contributed by atoms with Crippen LogP contribution >= 0.6 is 23.4 Å². The van der Waals surface area contributed by atoms with Crippen molar-refractivity contribution in [2.75, 3.05) is 6.54 Å². The van der Waals surface area contributed by atoms with Gasteiger partial charge in [-0.1, -0.05) is 54.2 Å². The van der Waals surface area contributed by atoms with Gasteiger partial charge in [-0.3, -0.25) is 15.1 Å². The molecule has 7 heteroatoms. The highest BCUT2D eigenvalue weighted by molar-refractivity contribution is 8.15. The summed E-state index contributed by atoms with van der Waals surface area (Å²) < 4.78 is 13.1. The van der Waals surface area contributed by atoms with Crippen molar-refractivity contribution in [3.8, 4) is 0 Å². The fourth-order valence-electron chi connectivity index (χ4n) is 2.72. The third-order valence-electron chi connectivity index (χ3n) is 4.17. The van der Waals surface area contributed by atoms with Gasteiger partial charge >= 0.3 is 0 Å². The molecular weight excluding hydrogens is 397 g/mol. The fraction of sp³-hybridized carbons (Fsp3) is 0.143. The predicted octanol–water partition coefficient (Wildman–Crippen LogP) is 4.68. The normalized spacial score (nSPS) is 17.8. The van der Waals surface area contributed by atoms with Crippen molar-refractivity contribution in [1.82, 2.24) is 10.3 Å². The van der Waals surface area contributed by atoms with Gasteiger partial charge in [0, 0.05) is 11.6 Å². The highest BCUT2D eigenvalue weighted by atomic mass is 35.5. The molecule has 1 aliphatic heterocycles. The molecule has 144 valence electrons. The van der Waals surface area contributed by atoms with Gasteiger partial charge in [-0.15, -0.1) is 11.7 Å². The second kappa shape index (κ2) is 9.08. The van der Waals surface area contributed by atoms with Gasteiger partial charge in [-0.2, -0.15) is 0 Å². The zero-order chi connectivity index (χ0) is 20.1. The summed E-state index contributed by atoms with van der Waals surface area (Å²) >= 11 is 7.60. The molecule has 1 saturated heterocycles. The number of benzene rings is 2. The highest BCUT2D eigenvalue weighted by Crippen LogP contribution is 2.31. The first kappa shape index (κ1) is 20.2. The summed E-state index contributed by atoms with van der Waals surface area (Å²) in [7, 11) is 0. The van der Waals surface area contributed by atoms with Crippen molar-refractivity contribution < 1.29 is 9.18 Å². The van der Waals surface area contributed by atoms with Gasteiger partial charge in [-0.25, -0.2) is 4.39 Å². The minimum absolute atomic E-state index is 0.0437. The first-order valence-electron chi connectivity index (χ1n) is 8.60. The Balaban J connectivity index is 1.75. The zero-order valence-electron chi connectivity index (χ0n) is 15.1. The molecule has 1 amide bonds. The first-order chi connectivity index (χ1) is 13.5. The Labute approximate surface area is 172 Å². The van der Waals surface area contributed by atoms with Crippen molar-refractivity contribution in [3.63, 3.8) is 0 Å². The number of hydrogen-bond donors (Lipinski definition) is 1. The summed E-state index contributed by atoms with van der Waals surface area (Å²) in [6.45, 7) is 7.98. The van der Waals surface area contributed by atoms with E-state index in [0.717, 1.165) is 5.56 Å². The Morgan fingerprint density at radius 2 is 2.00 bits per heavy atom. The van der Waals surface area contributed by atoms with Crippen LogP contribution in [0.25, 0.3) is 5.70 Å². The minimum Gasteiger partial charge on any atom is -0.285 e. The quantitative estimate of drug-likeness (QED) is 0.527. The van der Waals surface area contributed by atoms with E-state index in [-0.39, 0.29) is 17.0 Å². The Hall–Kier alpha value is -2.57. The van der Waals surface area contributed by atoms with Crippen LogP contribution in [-0.4, -0.2) is 27.8 Å². The molecule has 0 spiro atoms. The molecule has 1 unspecified atom stereocenters.